The van der Waals surface area contributed by atoms with Crippen LogP contribution in [-0.2, 0) is 0 Å². The maximum absolute atomic E-state index is 12.1. The highest BCUT2D eigenvalue weighted by molar-refractivity contribution is 9.13. The molecule has 0 amide bonds. The Morgan fingerprint density at radius 2 is 1.79 bits per heavy atom. The summed E-state index contributed by atoms with van der Waals surface area (Å²) in [7, 11) is 0. The zero-order chi connectivity index (χ0) is 17.9. The molecule has 0 saturated carbocycles. The van der Waals surface area contributed by atoms with Crippen LogP contribution in [0.1, 0.15) is 25.1 Å². The largest absolute Gasteiger partial charge is 0.490 e. The van der Waals surface area contributed by atoms with E-state index in [2.05, 4.69) is 36.8 Å². The van der Waals surface area contributed by atoms with Gasteiger partial charge in [0.15, 0.2) is 11.5 Å². The first-order valence-corrected chi connectivity index (χ1v) is 8.95. The summed E-state index contributed by atoms with van der Waals surface area (Å²) in [6, 6.07) is 5.52. The number of benzene rings is 1. The average Bonchev–Trinajstić information content (AvgIpc) is 2.54. The lowest BCUT2D eigenvalue weighted by Crippen LogP contribution is -2.13. The van der Waals surface area contributed by atoms with Gasteiger partial charge in [0, 0.05) is 21.3 Å². The summed E-state index contributed by atoms with van der Waals surface area (Å²) in [5.41, 5.74) is 1.53. The Kier molecular flexibility index (Phi) is 6.08. The van der Waals surface area contributed by atoms with Crippen LogP contribution in [0.15, 0.2) is 25.9 Å². The van der Waals surface area contributed by atoms with Gasteiger partial charge >= 0.3 is 0 Å². The van der Waals surface area contributed by atoms with Crippen LogP contribution in [0, 0.1) is 18.3 Å². The molecule has 0 bridgehead atoms. The lowest BCUT2D eigenvalue weighted by molar-refractivity contribution is 0.286. The summed E-state index contributed by atoms with van der Waals surface area (Å²) in [4.78, 5) is 14.7. The van der Waals surface area contributed by atoms with Crippen LogP contribution < -0.4 is 15.0 Å². The minimum absolute atomic E-state index is 0.0554. The number of halogens is 2. The lowest BCUT2D eigenvalue weighted by Gasteiger charge is -2.17. The van der Waals surface area contributed by atoms with Gasteiger partial charge in [-0.3, -0.25) is 4.79 Å². The molecule has 0 aliphatic carbocycles. The van der Waals surface area contributed by atoms with Crippen molar-refractivity contribution in [2.24, 2.45) is 0 Å². The van der Waals surface area contributed by atoms with Crippen LogP contribution in [-0.4, -0.2) is 18.2 Å². The van der Waals surface area contributed by atoms with E-state index in [-0.39, 0.29) is 5.56 Å². The molecule has 0 saturated heterocycles. The number of nitrogens with zero attached hydrogens (tertiary/aromatic N) is 1. The van der Waals surface area contributed by atoms with Crippen LogP contribution in [0.4, 0.5) is 0 Å². The third-order valence-corrected chi connectivity index (χ3v) is 5.40. The van der Waals surface area contributed by atoms with E-state index in [0.29, 0.717) is 50.5 Å². The molecule has 0 radical (unpaired) electrons. The molecule has 0 unspecified atom stereocenters. The Morgan fingerprint density at radius 1 is 1.12 bits per heavy atom. The van der Waals surface area contributed by atoms with Crippen molar-refractivity contribution < 1.29 is 9.47 Å². The Bertz CT molecular complexity index is 870. The molecule has 2 rings (SSSR count). The molecule has 5 nitrogen and oxygen atoms in total. The number of aryl methyl sites for hydroxylation is 1. The van der Waals surface area contributed by atoms with Gasteiger partial charge in [-0.15, -0.1) is 0 Å². The third kappa shape index (κ3) is 3.50. The normalized spacial score (nSPS) is 10.3. The van der Waals surface area contributed by atoms with Gasteiger partial charge in [0.05, 0.1) is 17.7 Å². The van der Waals surface area contributed by atoms with Crippen molar-refractivity contribution in [3.8, 4) is 28.7 Å². The molecule has 24 heavy (non-hydrogen) atoms. The van der Waals surface area contributed by atoms with Gasteiger partial charge in [-0.1, -0.05) is 0 Å². The molecule has 0 aliphatic heterocycles. The maximum atomic E-state index is 12.1. The van der Waals surface area contributed by atoms with E-state index < -0.39 is 5.56 Å². The van der Waals surface area contributed by atoms with Crippen LogP contribution in [0.25, 0.3) is 11.1 Å². The Balaban J connectivity index is 2.82. The van der Waals surface area contributed by atoms with Gasteiger partial charge in [-0.05, 0) is 64.8 Å². The fourth-order valence-corrected chi connectivity index (χ4v) is 3.37. The average molecular weight is 456 g/mol. The second-order valence-corrected chi connectivity index (χ2v) is 6.51. The van der Waals surface area contributed by atoms with Crippen molar-refractivity contribution in [1.29, 1.82) is 5.26 Å². The zero-order valence-corrected chi connectivity index (χ0v) is 16.7. The lowest BCUT2D eigenvalue weighted by atomic mass is 10.0. The Labute approximate surface area is 156 Å². The third-order valence-electron chi connectivity index (χ3n) is 3.29. The molecule has 0 atom stereocenters. The molecular weight excluding hydrogens is 440 g/mol. The molecule has 1 N–H and O–H groups in total. The number of nitriles is 1. The highest BCUT2D eigenvalue weighted by Gasteiger charge is 2.21. The molecule has 1 heterocycles. The van der Waals surface area contributed by atoms with Crippen molar-refractivity contribution in [2.45, 2.75) is 20.8 Å². The fourth-order valence-electron chi connectivity index (χ4n) is 2.34. The van der Waals surface area contributed by atoms with Crippen LogP contribution >= 0.6 is 31.9 Å². The number of ether oxygens (including phenoxy) is 2. The summed E-state index contributed by atoms with van der Waals surface area (Å²) >= 11 is 7.04. The molecule has 126 valence electrons. The van der Waals surface area contributed by atoms with Crippen molar-refractivity contribution in [1.82, 2.24) is 4.98 Å². The van der Waals surface area contributed by atoms with Gasteiger partial charge < -0.3 is 14.5 Å². The van der Waals surface area contributed by atoms with Crippen molar-refractivity contribution in [2.75, 3.05) is 13.2 Å². The maximum Gasteiger partial charge on any atom is 0.266 e. The molecule has 0 aliphatic rings. The molecule has 7 heteroatoms. The van der Waals surface area contributed by atoms with Gasteiger partial charge in [0.2, 0.25) is 0 Å². The van der Waals surface area contributed by atoms with E-state index in [0.717, 1.165) is 0 Å². The number of hydrogen-bond acceptors (Lipinski definition) is 4. The van der Waals surface area contributed by atoms with Crippen molar-refractivity contribution in [3.63, 3.8) is 0 Å². The van der Waals surface area contributed by atoms with Crippen LogP contribution in [0.2, 0.25) is 0 Å². The first-order valence-electron chi connectivity index (χ1n) is 7.36. The molecule has 1 aromatic heterocycles. The summed E-state index contributed by atoms with van der Waals surface area (Å²) in [5, 5.41) is 9.37. The predicted molar refractivity (Wildman–Crippen MR) is 99.7 cm³/mol. The predicted octanol–water partition coefficient (Wildman–Crippen LogP) is 4.54. The molecular formula is C17H16Br2N2O3. The quantitative estimate of drug-likeness (QED) is 0.717. The minimum Gasteiger partial charge on any atom is -0.490 e. The number of pyridine rings is 1. The van der Waals surface area contributed by atoms with Crippen molar-refractivity contribution >= 4 is 31.9 Å². The fraction of sp³-hybridized carbons (Fsp3) is 0.294. The Hall–Kier alpha value is -1.78. The SMILES string of the molecule is CCOc1cc(-c2cc(C)[nH]c(=O)c2C#N)c(Br)c(Br)c1OCC. The number of aromatic nitrogens is 1. The summed E-state index contributed by atoms with van der Waals surface area (Å²) < 4.78 is 12.7. The van der Waals surface area contributed by atoms with E-state index >= 15 is 0 Å². The summed E-state index contributed by atoms with van der Waals surface area (Å²) in [6.07, 6.45) is 0. The monoisotopic (exact) mass is 454 g/mol. The van der Waals surface area contributed by atoms with Crippen molar-refractivity contribution in [3.05, 3.63) is 42.7 Å². The number of nitrogens with one attached hydrogen (secondary N) is 1. The van der Waals surface area contributed by atoms with Gasteiger partial charge in [-0.2, -0.15) is 5.26 Å². The van der Waals surface area contributed by atoms with E-state index in [4.69, 9.17) is 9.47 Å². The zero-order valence-electron chi connectivity index (χ0n) is 13.5. The van der Waals surface area contributed by atoms with Gasteiger partial charge in [0.1, 0.15) is 11.6 Å². The van der Waals surface area contributed by atoms with E-state index in [9.17, 15) is 10.1 Å². The van der Waals surface area contributed by atoms with Gasteiger partial charge in [-0.25, -0.2) is 0 Å². The first-order chi connectivity index (χ1) is 11.4. The van der Waals surface area contributed by atoms with E-state index in [1.54, 1.807) is 19.1 Å². The Morgan fingerprint density at radius 3 is 2.38 bits per heavy atom. The van der Waals surface area contributed by atoms with E-state index in [1.807, 2.05) is 19.9 Å². The van der Waals surface area contributed by atoms with Crippen LogP contribution in [0.5, 0.6) is 11.5 Å². The standard InChI is InChI=1S/C17H16Br2N2O3/c1-4-23-13-7-11(14(18)15(19)16(13)24-5-2)10-6-9(3)21-17(22)12(10)8-20/h6-7H,4-5H2,1-3H3,(H,21,22). The topological polar surface area (TPSA) is 75.1 Å². The number of hydrogen-bond donors (Lipinski definition) is 1. The highest BCUT2D eigenvalue weighted by atomic mass is 79.9. The molecule has 0 fully saturated rings. The summed E-state index contributed by atoms with van der Waals surface area (Å²) in [6.45, 7) is 6.49. The highest BCUT2D eigenvalue weighted by Crippen LogP contribution is 2.46. The smallest absolute Gasteiger partial charge is 0.266 e. The molecule has 0 spiro atoms. The van der Waals surface area contributed by atoms with E-state index in [1.165, 1.54) is 0 Å². The molecule has 2 aromatic rings. The van der Waals surface area contributed by atoms with Crippen LogP contribution in [0.3, 0.4) is 0 Å². The second-order valence-electron chi connectivity index (χ2n) is 4.93. The number of rotatable bonds is 5. The molecule has 1 aromatic carbocycles. The van der Waals surface area contributed by atoms with Gasteiger partial charge in [0.25, 0.3) is 5.56 Å². The number of H-pyrrole nitrogens is 1. The number of aromatic amines is 1. The second kappa shape index (κ2) is 7.86. The first kappa shape index (κ1) is 18.6. The minimum atomic E-state index is -0.414. The summed E-state index contributed by atoms with van der Waals surface area (Å²) in [5.74, 6) is 1.13.